The number of Topliss-reactive ketones (excluding diaryl/α,β-unsaturated/α-hetero) is 1. The topological polar surface area (TPSA) is 53.5 Å². The Morgan fingerprint density at radius 2 is 1.94 bits per heavy atom. The summed E-state index contributed by atoms with van der Waals surface area (Å²) in [7, 11) is 0. The Balaban J connectivity index is 2.33. The van der Waals surface area contributed by atoms with E-state index in [0.717, 1.165) is 16.7 Å². The Labute approximate surface area is 96.6 Å². The Bertz CT molecular complexity index is 553. The predicted molar refractivity (Wildman–Crippen MR) is 63.8 cm³/mol. The van der Waals surface area contributed by atoms with Crippen LogP contribution in [0.15, 0.2) is 42.5 Å². The van der Waals surface area contributed by atoms with Gasteiger partial charge in [-0.25, -0.2) is 0 Å². The van der Waals surface area contributed by atoms with Gasteiger partial charge >= 0.3 is 6.21 Å². The quantitative estimate of drug-likeness (QED) is 0.345. The number of ketones is 1. The van der Waals surface area contributed by atoms with Crippen LogP contribution in [0.5, 0.6) is 0 Å². The second-order valence-electron chi connectivity index (χ2n) is 3.14. The first-order chi connectivity index (χ1) is 7.81. The monoisotopic (exact) mass is 228 g/mol. The minimum Gasteiger partial charge on any atom is -0.361 e. The molecule has 2 aromatic rings. The molecule has 0 unspecified atom stereocenters. The highest BCUT2D eigenvalue weighted by molar-refractivity contribution is 7.18. The van der Waals surface area contributed by atoms with Gasteiger partial charge < -0.3 is 5.53 Å². The highest BCUT2D eigenvalue weighted by Gasteiger charge is 2.10. The van der Waals surface area contributed by atoms with E-state index in [4.69, 9.17) is 5.53 Å². The van der Waals surface area contributed by atoms with Crippen LogP contribution in [0.3, 0.4) is 0 Å². The van der Waals surface area contributed by atoms with Gasteiger partial charge in [-0.15, -0.1) is 11.3 Å². The van der Waals surface area contributed by atoms with E-state index in [2.05, 4.69) is 4.79 Å². The van der Waals surface area contributed by atoms with Crippen LogP contribution in [0.4, 0.5) is 0 Å². The third-order valence-electron chi connectivity index (χ3n) is 2.08. The third-order valence-corrected chi connectivity index (χ3v) is 3.23. The van der Waals surface area contributed by atoms with Gasteiger partial charge in [0.25, 0.3) is 5.78 Å². The minimum absolute atomic E-state index is 0.283. The van der Waals surface area contributed by atoms with Gasteiger partial charge in [-0.05, 0) is 17.7 Å². The van der Waals surface area contributed by atoms with E-state index >= 15 is 0 Å². The summed E-state index contributed by atoms with van der Waals surface area (Å²) in [5, 5.41) is 0. The van der Waals surface area contributed by atoms with Crippen molar-refractivity contribution in [3.05, 3.63) is 52.9 Å². The average molecular weight is 228 g/mol. The molecular weight excluding hydrogens is 220 g/mol. The van der Waals surface area contributed by atoms with Gasteiger partial charge in [0.05, 0.1) is 4.88 Å². The molecule has 1 aromatic carbocycles. The van der Waals surface area contributed by atoms with Crippen molar-refractivity contribution in [1.29, 1.82) is 0 Å². The van der Waals surface area contributed by atoms with Crippen molar-refractivity contribution in [3.8, 4) is 10.4 Å². The van der Waals surface area contributed by atoms with E-state index in [9.17, 15) is 4.79 Å². The lowest BCUT2D eigenvalue weighted by Gasteiger charge is -1.93. The van der Waals surface area contributed by atoms with Gasteiger partial charge in [-0.2, -0.15) is 4.79 Å². The van der Waals surface area contributed by atoms with Crippen molar-refractivity contribution in [3.63, 3.8) is 0 Å². The van der Waals surface area contributed by atoms with Gasteiger partial charge in [0.2, 0.25) is 0 Å². The van der Waals surface area contributed by atoms with E-state index in [1.54, 1.807) is 6.07 Å². The summed E-state index contributed by atoms with van der Waals surface area (Å²) < 4.78 is 0. The number of carbonyl (C=O) groups excluding carboxylic acids is 1. The van der Waals surface area contributed by atoms with Crippen molar-refractivity contribution in [2.75, 3.05) is 0 Å². The molecule has 0 saturated carbocycles. The molecule has 0 atom stereocenters. The van der Waals surface area contributed by atoms with Crippen molar-refractivity contribution in [1.82, 2.24) is 0 Å². The normalized spacial score (nSPS) is 9.50. The Morgan fingerprint density at radius 1 is 1.19 bits per heavy atom. The summed E-state index contributed by atoms with van der Waals surface area (Å²) in [4.78, 5) is 15.7. The zero-order valence-electron chi connectivity index (χ0n) is 8.33. The first-order valence-corrected chi connectivity index (χ1v) is 5.50. The molecule has 0 aliphatic carbocycles. The first kappa shape index (κ1) is 10.5. The molecule has 0 amide bonds. The zero-order chi connectivity index (χ0) is 11.4. The standard InChI is InChI=1S/C12H8N2OS/c13-14-8-10(15)12-7-6-11(16-12)9-4-2-1-3-5-9/h1-8H. The molecule has 0 aliphatic rings. The summed E-state index contributed by atoms with van der Waals surface area (Å²) in [6, 6.07) is 13.4. The van der Waals surface area contributed by atoms with E-state index in [1.807, 2.05) is 36.4 Å². The smallest absolute Gasteiger partial charge is 0.328 e. The van der Waals surface area contributed by atoms with Gasteiger partial charge in [0.1, 0.15) is 0 Å². The molecule has 0 bridgehead atoms. The van der Waals surface area contributed by atoms with Crippen molar-refractivity contribution in [2.24, 2.45) is 0 Å². The summed E-state index contributed by atoms with van der Waals surface area (Å²) >= 11 is 1.38. The van der Waals surface area contributed by atoms with Crippen molar-refractivity contribution >= 4 is 23.3 Å². The fourth-order valence-corrected chi connectivity index (χ4v) is 2.26. The molecule has 0 radical (unpaired) electrons. The van der Waals surface area contributed by atoms with Crippen LogP contribution in [0.2, 0.25) is 0 Å². The highest BCUT2D eigenvalue weighted by atomic mass is 32.1. The van der Waals surface area contributed by atoms with Crippen molar-refractivity contribution < 1.29 is 9.58 Å². The number of hydrogen-bond donors (Lipinski definition) is 0. The second kappa shape index (κ2) is 4.66. The molecule has 0 N–H and O–H groups in total. The lowest BCUT2D eigenvalue weighted by molar-refractivity contribution is 0.00239. The van der Waals surface area contributed by atoms with E-state index in [-0.39, 0.29) is 5.78 Å². The molecule has 1 heterocycles. The summed E-state index contributed by atoms with van der Waals surface area (Å²) in [6.45, 7) is 0. The molecule has 16 heavy (non-hydrogen) atoms. The Kier molecular flexibility index (Phi) is 3.05. The molecular formula is C12H8N2OS. The number of hydrogen-bond acceptors (Lipinski definition) is 2. The Morgan fingerprint density at radius 3 is 2.62 bits per heavy atom. The first-order valence-electron chi connectivity index (χ1n) is 4.68. The van der Waals surface area contributed by atoms with Crippen LogP contribution in [-0.2, 0) is 0 Å². The third kappa shape index (κ3) is 2.14. The summed E-state index contributed by atoms with van der Waals surface area (Å²) in [5.74, 6) is -0.283. The maximum absolute atomic E-state index is 11.4. The average Bonchev–Trinajstić information content (AvgIpc) is 2.80. The van der Waals surface area contributed by atoms with Crippen LogP contribution in [0.25, 0.3) is 16.0 Å². The Hall–Kier alpha value is -2.03. The van der Waals surface area contributed by atoms with E-state index < -0.39 is 0 Å². The lowest BCUT2D eigenvalue weighted by atomic mass is 10.2. The molecule has 0 fully saturated rings. The summed E-state index contributed by atoms with van der Waals surface area (Å²) in [5.41, 5.74) is 9.35. The molecule has 0 aliphatic heterocycles. The fourth-order valence-electron chi connectivity index (χ4n) is 1.34. The number of rotatable bonds is 3. The van der Waals surface area contributed by atoms with Gasteiger partial charge in [0.15, 0.2) is 0 Å². The van der Waals surface area contributed by atoms with Crippen molar-refractivity contribution in [2.45, 2.75) is 0 Å². The van der Waals surface area contributed by atoms with Gasteiger partial charge in [-0.1, -0.05) is 30.3 Å². The van der Waals surface area contributed by atoms with Crippen LogP contribution in [0, 0.1) is 0 Å². The molecule has 78 valence electrons. The van der Waals surface area contributed by atoms with Crippen LogP contribution in [-0.4, -0.2) is 16.8 Å². The largest absolute Gasteiger partial charge is 0.361 e. The fraction of sp³-hybridized carbons (Fsp3) is 0. The molecule has 1 aromatic heterocycles. The molecule has 0 saturated heterocycles. The number of benzene rings is 1. The van der Waals surface area contributed by atoms with Crippen LogP contribution < -0.4 is 0 Å². The predicted octanol–water partition coefficient (Wildman–Crippen LogP) is 2.90. The molecule has 0 spiro atoms. The summed E-state index contributed by atoms with van der Waals surface area (Å²) in [6.07, 6.45) is 0.903. The van der Waals surface area contributed by atoms with E-state index in [1.165, 1.54) is 11.3 Å². The highest BCUT2D eigenvalue weighted by Crippen LogP contribution is 2.27. The molecule has 4 heteroatoms. The SMILES string of the molecule is [N-]=[N+]=CC(=O)c1ccc(-c2ccccc2)s1. The van der Waals surface area contributed by atoms with Gasteiger partial charge in [-0.3, -0.25) is 4.79 Å². The number of nitrogens with zero attached hydrogens (tertiary/aromatic N) is 2. The molecule has 2 rings (SSSR count). The maximum Gasteiger partial charge on any atom is 0.328 e. The van der Waals surface area contributed by atoms with Crippen LogP contribution >= 0.6 is 11.3 Å². The zero-order valence-corrected chi connectivity index (χ0v) is 9.15. The number of carbonyl (C=O) groups is 1. The molecule has 3 nitrogen and oxygen atoms in total. The van der Waals surface area contributed by atoms with E-state index in [0.29, 0.717) is 4.88 Å². The van der Waals surface area contributed by atoms with Gasteiger partial charge in [0, 0.05) is 4.88 Å². The lowest BCUT2D eigenvalue weighted by Crippen LogP contribution is -1.96. The second-order valence-corrected chi connectivity index (χ2v) is 4.22. The number of thiophene rings is 1. The van der Waals surface area contributed by atoms with Crippen LogP contribution in [0.1, 0.15) is 9.67 Å². The minimum atomic E-state index is -0.283. The maximum atomic E-state index is 11.4.